The van der Waals surface area contributed by atoms with Gasteiger partial charge in [0.25, 0.3) is 0 Å². The molecule has 1 saturated heterocycles. The monoisotopic (exact) mass is 374 g/mol. The fourth-order valence-electron chi connectivity index (χ4n) is 2.97. The van der Waals surface area contributed by atoms with E-state index < -0.39 is 30.0 Å². The molecule has 0 aliphatic carbocycles. The summed E-state index contributed by atoms with van der Waals surface area (Å²) in [6, 6.07) is 4.21. The van der Waals surface area contributed by atoms with Crippen molar-refractivity contribution in [3.05, 3.63) is 35.4 Å². The summed E-state index contributed by atoms with van der Waals surface area (Å²) < 4.78 is 43.2. The molecule has 1 fully saturated rings. The first-order valence-electron chi connectivity index (χ1n) is 8.19. The SMILES string of the molecule is COC(=O)NCCCC(=O)N1C[C@@H](O)C[C@@H]1c1cccc(C(F)(F)F)c1. The minimum Gasteiger partial charge on any atom is -0.453 e. The Morgan fingerprint density at radius 3 is 2.77 bits per heavy atom. The zero-order chi connectivity index (χ0) is 19.3. The van der Waals surface area contributed by atoms with E-state index in [9.17, 15) is 27.9 Å². The maximum Gasteiger partial charge on any atom is 0.416 e. The standard InChI is InChI=1S/C17H21F3N2O4/c1-26-16(25)21-7-3-6-15(24)22-10-13(23)9-14(22)11-4-2-5-12(8-11)17(18,19)20/h2,4-5,8,13-14,23H,3,6-7,9-10H2,1H3,(H,21,25)/t13-,14+/m0/s1. The molecule has 0 bridgehead atoms. The van der Waals surface area contributed by atoms with Gasteiger partial charge in [-0.05, 0) is 30.5 Å². The lowest BCUT2D eigenvalue weighted by Crippen LogP contribution is -2.32. The van der Waals surface area contributed by atoms with Crippen molar-refractivity contribution < 1.29 is 32.6 Å². The van der Waals surface area contributed by atoms with Gasteiger partial charge in [0.05, 0.1) is 24.8 Å². The van der Waals surface area contributed by atoms with Crippen LogP contribution in [0.15, 0.2) is 24.3 Å². The van der Waals surface area contributed by atoms with Crippen molar-refractivity contribution in [2.75, 3.05) is 20.2 Å². The third-order valence-electron chi connectivity index (χ3n) is 4.22. The number of halogens is 3. The first kappa shape index (κ1) is 20.0. The van der Waals surface area contributed by atoms with E-state index >= 15 is 0 Å². The zero-order valence-electron chi connectivity index (χ0n) is 14.3. The van der Waals surface area contributed by atoms with Gasteiger partial charge in [0, 0.05) is 19.5 Å². The molecular formula is C17H21F3N2O4. The third kappa shape index (κ3) is 5.10. The second-order valence-electron chi connectivity index (χ2n) is 6.10. The summed E-state index contributed by atoms with van der Waals surface area (Å²) in [6.45, 7) is 0.313. The van der Waals surface area contributed by atoms with Crippen molar-refractivity contribution in [2.45, 2.75) is 37.6 Å². The molecule has 2 amide bonds. The molecule has 2 rings (SSSR count). The van der Waals surface area contributed by atoms with E-state index in [0.29, 0.717) is 12.0 Å². The third-order valence-corrected chi connectivity index (χ3v) is 4.22. The molecule has 1 aliphatic heterocycles. The van der Waals surface area contributed by atoms with E-state index in [1.807, 2.05) is 0 Å². The molecule has 2 N–H and O–H groups in total. The van der Waals surface area contributed by atoms with E-state index in [1.165, 1.54) is 24.1 Å². The van der Waals surface area contributed by atoms with Crippen LogP contribution in [0.5, 0.6) is 0 Å². The minimum atomic E-state index is -4.47. The lowest BCUT2D eigenvalue weighted by Gasteiger charge is -2.25. The number of benzene rings is 1. The van der Waals surface area contributed by atoms with Gasteiger partial charge in [-0.3, -0.25) is 4.79 Å². The molecule has 144 valence electrons. The van der Waals surface area contributed by atoms with Crippen molar-refractivity contribution in [1.82, 2.24) is 10.2 Å². The fraction of sp³-hybridized carbons (Fsp3) is 0.529. The molecule has 1 aromatic rings. The van der Waals surface area contributed by atoms with Crippen molar-refractivity contribution in [2.24, 2.45) is 0 Å². The first-order chi connectivity index (χ1) is 12.2. The maximum atomic E-state index is 12.9. The highest BCUT2D eigenvalue weighted by molar-refractivity contribution is 5.77. The topological polar surface area (TPSA) is 78.9 Å². The Hall–Kier alpha value is -2.29. The summed E-state index contributed by atoms with van der Waals surface area (Å²) >= 11 is 0. The summed E-state index contributed by atoms with van der Waals surface area (Å²) in [5.41, 5.74) is -0.441. The van der Waals surface area contributed by atoms with Crippen LogP contribution in [0.1, 0.15) is 36.4 Å². The summed E-state index contributed by atoms with van der Waals surface area (Å²) in [5, 5.41) is 12.3. The Morgan fingerprint density at radius 2 is 2.12 bits per heavy atom. The molecule has 0 spiro atoms. The number of hydrogen-bond donors (Lipinski definition) is 2. The lowest BCUT2D eigenvalue weighted by molar-refractivity contribution is -0.137. The molecule has 6 nitrogen and oxygen atoms in total. The highest BCUT2D eigenvalue weighted by atomic mass is 19.4. The average molecular weight is 374 g/mol. The lowest BCUT2D eigenvalue weighted by atomic mass is 10.0. The molecule has 0 saturated carbocycles. The first-order valence-corrected chi connectivity index (χ1v) is 8.19. The molecule has 26 heavy (non-hydrogen) atoms. The van der Waals surface area contributed by atoms with E-state index in [2.05, 4.69) is 10.1 Å². The number of nitrogens with zero attached hydrogens (tertiary/aromatic N) is 1. The molecular weight excluding hydrogens is 353 g/mol. The van der Waals surface area contributed by atoms with Crippen LogP contribution >= 0.6 is 0 Å². The molecule has 1 aromatic carbocycles. The number of alkyl carbamates (subject to hydrolysis) is 1. The van der Waals surface area contributed by atoms with E-state index in [4.69, 9.17) is 0 Å². The smallest absolute Gasteiger partial charge is 0.416 e. The Balaban J connectivity index is 2.04. The van der Waals surface area contributed by atoms with Crippen LogP contribution in [0.4, 0.5) is 18.0 Å². The largest absolute Gasteiger partial charge is 0.453 e. The number of ether oxygens (including phenoxy) is 1. The number of rotatable bonds is 5. The Morgan fingerprint density at radius 1 is 1.38 bits per heavy atom. The molecule has 0 aromatic heterocycles. The van der Waals surface area contributed by atoms with Crippen molar-refractivity contribution in [3.63, 3.8) is 0 Å². The predicted octanol–water partition coefficient (Wildman–Crippen LogP) is 2.48. The number of amides is 2. The quantitative estimate of drug-likeness (QED) is 0.776. The number of likely N-dealkylation sites (tertiary alicyclic amines) is 1. The number of aliphatic hydroxyl groups excluding tert-OH is 1. The number of carbonyl (C=O) groups is 2. The molecule has 0 unspecified atom stereocenters. The number of nitrogens with one attached hydrogen (secondary N) is 1. The summed E-state index contributed by atoms with van der Waals surface area (Å²) in [4.78, 5) is 24.8. The van der Waals surface area contributed by atoms with E-state index in [1.54, 1.807) is 0 Å². The fourth-order valence-corrected chi connectivity index (χ4v) is 2.97. The van der Waals surface area contributed by atoms with E-state index in [-0.39, 0.29) is 31.8 Å². The summed E-state index contributed by atoms with van der Waals surface area (Å²) in [6.07, 6.45) is -5.21. The maximum absolute atomic E-state index is 12.9. The van der Waals surface area contributed by atoms with Gasteiger partial charge in [-0.1, -0.05) is 12.1 Å². The number of β-amino-alcohol motifs (C(OH)–C–C–N with tert-alkyl or cyclic N) is 1. The van der Waals surface area contributed by atoms with Gasteiger partial charge in [-0.25, -0.2) is 4.79 Å². The highest BCUT2D eigenvalue weighted by Crippen LogP contribution is 2.36. The summed E-state index contributed by atoms with van der Waals surface area (Å²) in [5.74, 6) is -0.282. The number of hydrogen-bond acceptors (Lipinski definition) is 4. The molecule has 1 aliphatic rings. The highest BCUT2D eigenvalue weighted by Gasteiger charge is 2.37. The number of methoxy groups -OCH3 is 1. The predicted molar refractivity (Wildman–Crippen MR) is 86.2 cm³/mol. The zero-order valence-corrected chi connectivity index (χ0v) is 14.3. The van der Waals surface area contributed by atoms with Gasteiger partial charge in [-0.2, -0.15) is 13.2 Å². The van der Waals surface area contributed by atoms with Crippen LogP contribution in [0.25, 0.3) is 0 Å². The van der Waals surface area contributed by atoms with Gasteiger partial charge in [-0.15, -0.1) is 0 Å². The second kappa shape index (κ2) is 8.39. The van der Waals surface area contributed by atoms with Gasteiger partial charge in [0.2, 0.25) is 5.91 Å². The number of carbonyl (C=O) groups excluding carboxylic acids is 2. The number of alkyl halides is 3. The summed E-state index contributed by atoms with van der Waals surface area (Å²) in [7, 11) is 1.23. The van der Waals surface area contributed by atoms with Crippen molar-refractivity contribution in [1.29, 1.82) is 0 Å². The molecule has 9 heteroatoms. The molecule has 1 heterocycles. The average Bonchev–Trinajstić information content (AvgIpc) is 2.99. The Labute approximate surface area is 148 Å². The molecule has 2 atom stereocenters. The van der Waals surface area contributed by atoms with Gasteiger partial charge < -0.3 is 20.1 Å². The van der Waals surface area contributed by atoms with Crippen LogP contribution in [0.2, 0.25) is 0 Å². The van der Waals surface area contributed by atoms with Gasteiger partial charge in [0.1, 0.15) is 0 Å². The second-order valence-corrected chi connectivity index (χ2v) is 6.10. The van der Waals surface area contributed by atoms with Gasteiger partial charge in [0.15, 0.2) is 0 Å². The Bertz CT molecular complexity index is 651. The van der Waals surface area contributed by atoms with Crippen LogP contribution in [0.3, 0.4) is 0 Å². The van der Waals surface area contributed by atoms with Crippen LogP contribution in [0, 0.1) is 0 Å². The van der Waals surface area contributed by atoms with Crippen LogP contribution in [-0.2, 0) is 15.7 Å². The number of aliphatic hydroxyl groups is 1. The molecule has 0 radical (unpaired) electrons. The van der Waals surface area contributed by atoms with Crippen LogP contribution < -0.4 is 5.32 Å². The Kier molecular flexibility index (Phi) is 6.47. The minimum absolute atomic E-state index is 0.0736. The normalized spacial score (nSPS) is 20.1. The van der Waals surface area contributed by atoms with Gasteiger partial charge >= 0.3 is 12.3 Å². The van der Waals surface area contributed by atoms with E-state index in [0.717, 1.165) is 12.1 Å². The van der Waals surface area contributed by atoms with Crippen molar-refractivity contribution in [3.8, 4) is 0 Å². The van der Waals surface area contributed by atoms with Crippen molar-refractivity contribution >= 4 is 12.0 Å². The van der Waals surface area contributed by atoms with Crippen LogP contribution in [-0.4, -0.2) is 48.3 Å².